The molecule has 0 unspecified atom stereocenters. The Labute approximate surface area is 179 Å². The molecule has 0 aliphatic carbocycles. The van der Waals surface area contributed by atoms with E-state index in [-0.39, 0.29) is 5.97 Å². The summed E-state index contributed by atoms with van der Waals surface area (Å²) >= 11 is 6.03. The quantitative estimate of drug-likeness (QED) is 0.606. The molecule has 1 aliphatic rings. The van der Waals surface area contributed by atoms with Gasteiger partial charge in [0.15, 0.2) is 0 Å². The fourth-order valence-corrected chi connectivity index (χ4v) is 4.39. The van der Waals surface area contributed by atoms with E-state index in [1.54, 1.807) is 0 Å². The minimum atomic E-state index is -0.457. The minimum Gasteiger partial charge on any atom is -0.466 e. The maximum atomic E-state index is 12.9. The highest BCUT2D eigenvalue weighted by molar-refractivity contribution is 6.30. The number of likely N-dealkylation sites (tertiary alicyclic amines) is 1. The summed E-state index contributed by atoms with van der Waals surface area (Å²) in [5, 5.41) is 0.715. The van der Waals surface area contributed by atoms with Gasteiger partial charge < -0.3 is 9.64 Å². The fraction of sp³-hybridized carbons (Fsp3) is 0.500. The lowest BCUT2D eigenvalue weighted by atomic mass is 9.73. The predicted molar refractivity (Wildman–Crippen MR) is 117 cm³/mol. The smallest absolute Gasteiger partial charge is 0.312 e. The first-order chi connectivity index (χ1) is 13.9. The zero-order chi connectivity index (χ0) is 20.9. The van der Waals surface area contributed by atoms with Gasteiger partial charge in [-0.3, -0.25) is 9.78 Å². The number of ether oxygens (including phenoxy) is 1. The SMILES string of the molecule is CCOC(=O)C1(Cc2ccc(Cl)cc2)CCN([C@@H](C)Cc2cc(C)ccn2)CC1. The number of aromatic nitrogens is 1. The first-order valence-electron chi connectivity index (χ1n) is 10.5. The Hall–Kier alpha value is -1.91. The normalized spacial score (nSPS) is 17.7. The van der Waals surface area contributed by atoms with Gasteiger partial charge in [0, 0.05) is 29.4 Å². The summed E-state index contributed by atoms with van der Waals surface area (Å²) < 4.78 is 5.49. The summed E-state index contributed by atoms with van der Waals surface area (Å²) in [7, 11) is 0. The Bertz CT molecular complexity index is 814. The highest BCUT2D eigenvalue weighted by atomic mass is 35.5. The highest BCUT2D eigenvalue weighted by Crippen LogP contribution is 2.37. The van der Waals surface area contributed by atoms with Crippen molar-refractivity contribution >= 4 is 17.6 Å². The Morgan fingerprint density at radius 3 is 2.55 bits per heavy atom. The number of nitrogens with zero attached hydrogens (tertiary/aromatic N) is 2. The maximum absolute atomic E-state index is 12.9. The van der Waals surface area contributed by atoms with Gasteiger partial charge in [-0.25, -0.2) is 0 Å². The van der Waals surface area contributed by atoms with Crippen molar-refractivity contribution in [2.75, 3.05) is 19.7 Å². The number of carbonyl (C=O) groups is 1. The van der Waals surface area contributed by atoms with Crippen LogP contribution in [0.25, 0.3) is 0 Å². The van der Waals surface area contributed by atoms with E-state index in [1.807, 2.05) is 43.5 Å². The zero-order valence-corrected chi connectivity index (χ0v) is 18.4. The third kappa shape index (κ3) is 5.58. The van der Waals surface area contributed by atoms with E-state index in [2.05, 4.69) is 29.8 Å². The molecular formula is C24H31ClN2O2. The number of hydrogen-bond donors (Lipinski definition) is 0. The van der Waals surface area contributed by atoms with Crippen LogP contribution in [0.4, 0.5) is 0 Å². The molecule has 1 aromatic heterocycles. The third-order valence-electron chi connectivity index (χ3n) is 6.02. The lowest BCUT2D eigenvalue weighted by Crippen LogP contribution is -2.49. The molecule has 1 saturated heterocycles. The van der Waals surface area contributed by atoms with Crippen molar-refractivity contribution in [1.82, 2.24) is 9.88 Å². The van der Waals surface area contributed by atoms with E-state index in [0.29, 0.717) is 24.1 Å². The summed E-state index contributed by atoms with van der Waals surface area (Å²) in [6.07, 6.45) is 5.11. The van der Waals surface area contributed by atoms with Crippen LogP contribution in [0.1, 0.15) is 43.5 Å². The zero-order valence-electron chi connectivity index (χ0n) is 17.7. The molecule has 0 spiro atoms. The Balaban J connectivity index is 1.68. The van der Waals surface area contributed by atoms with Crippen LogP contribution in [0.3, 0.4) is 0 Å². The first kappa shape index (κ1) is 21.8. The summed E-state index contributed by atoms with van der Waals surface area (Å²) in [5.74, 6) is -0.0670. The average molecular weight is 415 g/mol. The number of halogens is 1. The van der Waals surface area contributed by atoms with E-state index in [0.717, 1.165) is 43.6 Å². The van der Waals surface area contributed by atoms with E-state index in [4.69, 9.17) is 16.3 Å². The summed E-state index contributed by atoms with van der Waals surface area (Å²) in [5.41, 5.74) is 3.04. The molecule has 4 nitrogen and oxygen atoms in total. The maximum Gasteiger partial charge on any atom is 0.312 e. The van der Waals surface area contributed by atoms with Crippen LogP contribution in [0.5, 0.6) is 0 Å². The van der Waals surface area contributed by atoms with Crippen molar-refractivity contribution in [3.05, 3.63) is 64.4 Å². The second-order valence-corrected chi connectivity index (χ2v) is 8.65. The van der Waals surface area contributed by atoms with Crippen LogP contribution in [0, 0.1) is 12.3 Å². The van der Waals surface area contributed by atoms with Crippen LogP contribution in [0.2, 0.25) is 5.02 Å². The molecule has 0 bridgehead atoms. The van der Waals surface area contributed by atoms with Crippen molar-refractivity contribution in [3.8, 4) is 0 Å². The number of carbonyl (C=O) groups excluding carboxylic acids is 1. The van der Waals surface area contributed by atoms with Crippen LogP contribution < -0.4 is 0 Å². The molecule has 1 atom stereocenters. The Morgan fingerprint density at radius 1 is 1.24 bits per heavy atom. The first-order valence-corrected chi connectivity index (χ1v) is 10.9. The minimum absolute atomic E-state index is 0.0670. The number of rotatable bonds is 7. The molecule has 5 heteroatoms. The largest absolute Gasteiger partial charge is 0.466 e. The van der Waals surface area contributed by atoms with Crippen LogP contribution in [-0.2, 0) is 22.4 Å². The van der Waals surface area contributed by atoms with Crippen molar-refractivity contribution in [2.45, 2.75) is 52.5 Å². The number of piperidine rings is 1. The molecule has 3 rings (SSSR count). The molecule has 1 fully saturated rings. The number of aryl methyl sites for hydroxylation is 1. The van der Waals surface area contributed by atoms with Gasteiger partial charge >= 0.3 is 5.97 Å². The Morgan fingerprint density at radius 2 is 1.93 bits per heavy atom. The molecule has 0 radical (unpaired) electrons. The molecule has 0 N–H and O–H groups in total. The van der Waals surface area contributed by atoms with Crippen LogP contribution >= 0.6 is 11.6 Å². The molecule has 2 heterocycles. The second kappa shape index (κ2) is 9.73. The van der Waals surface area contributed by atoms with Gasteiger partial charge in [-0.15, -0.1) is 0 Å². The van der Waals surface area contributed by atoms with Crippen molar-refractivity contribution in [3.63, 3.8) is 0 Å². The van der Waals surface area contributed by atoms with E-state index in [1.165, 1.54) is 5.56 Å². The number of pyridine rings is 1. The molecule has 0 saturated carbocycles. The number of hydrogen-bond acceptors (Lipinski definition) is 4. The van der Waals surface area contributed by atoms with Gasteiger partial charge in [-0.05, 0) is 88.5 Å². The molecule has 0 amide bonds. The monoisotopic (exact) mass is 414 g/mol. The molecule has 1 aliphatic heterocycles. The predicted octanol–water partition coefficient (Wildman–Crippen LogP) is 4.86. The topological polar surface area (TPSA) is 42.4 Å². The van der Waals surface area contributed by atoms with Gasteiger partial charge in [0.25, 0.3) is 0 Å². The summed E-state index contributed by atoms with van der Waals surface area (Å²) in [4.78, 5) is 19.9. The summed E-state index contributed by atoms with van der Waals surface area (Å²) in [6, 6.07) is 12.4. The lowest BCUT2D eigenvalue weighted by Gasteiger charge is -2.42. The van der Waals surface area contributed by atoms with Crippen LogP contribution in [-0.4, -0.2) is 41.6 Å². The molecular weight excluding hydrogens is 384 g/mol. The van der Waals surface area contributed by atoms with Crippen molar-refractivity contribution in [2.24, 2.45) is 5.41 Å². The van der Waals surface area contributed by atoms with Crippen molar-refractivity contribution in [1.29, 1.82) is 0 Å². The van der Waals surface area contributed by atoms with Gasteiger partial charge in [-0.1, -0.05) is 23.7 Å². The van der Waals surface area contributed by atoms with E-state index >= 15 is 0 Å². The van der Waals surface area contributed by atoms with Gasteiger partial charge in [-0.2, -0.15) is 0 Å². The second-order valence-electron chi connectivity index (χ2n) is 8.22. The van der Waals surface area contributed by atoms with Gasteiger partial charge in [0.1, 0.15) is 0 Å². The summed E-state index contributed by atoms with van der Waals surface area (Å²) in [6.45, 7) is 8.42. The van der Waals surface area contributed by atoms with Gasteiger partial charge in [0.2, 0.25) is 0 Å². The van der Waals surface area contributed by atoms with Gasteiger partial charge in [0.05, 0.1) is 12.0 Å². The highest BCUT2D eigenvalue weighted by Gasteiger charge is 2.43. The molecule has 1 aromatic carbocycles. The molecule has 156 valence electrons. The number of benzene rings is 1. The number of esters is 1. The fourth-order valence-electron chi connectivity index (χ4n) is 4.27. The molecule has 2 aromatic rings. The molecule has 29 heavy (non-hydrogen) atoms. The lowest BCUT2D eigenvalue weighted by molar-refractivity contribution is -0.159. The average Bonchev–Trinajstić information content (AvgIpc) is 2.70. The standard InChI is InChI=1S/C24H31ClN2O2/c1-4-29-23(28)24(17-20-5-7-21(25)8-6-20)10-13-27(14-11-24)19(3)16-22-15-18(2)9-12-26-22/h5-9,12,15,19H,4,10-11,13-14,16-17H2,1-3H3/t19-/m0/s1. The van der Waals surface area contributed by atoms with Crippen molar-refractivity contribution < 1.29 is 9.53 Å². The Kier molecular flexibility index (Phi) is 7.31. The van der Waals surface area contributed by atoms with Crippen LogP contribution in [0.15, 0.2) is 42.6 Å². The van der Waals surface area contributed by atoms with E-state index in [9.17, 15) is 4.79 Å². The third-order valence-corrected chi connectivity index (χ3v) is 6.27. The van der Waals surface area contributed by atoms with E-state index < -0.39 is 5.41 Å².